The number of amides is 3. The molecule has 0 aliphatic rings. The zero-order chi connectivity index (χ0) is 31.1. The van der Waals surface area contributed by atoms with E-state index in [-0.39, 0.29) is 30.7 Å². The van der Waals surface area contributed by atoms with Crippen molar-refractivity contribution in [2.24, 2.45) is 11.7 Å². The largest absolute Gasteiger partial charge is 0.494 e. The molecule has 0 spiro atoms. The Labute approximate surface area is 259 Å². The lowest BCUT2D eigenvalue weighted by atomic mass is 9.97. The summed E-state index contributed by atoms with van der Waals surface area (Å²) in [7, 11) is 0. The minimum atomic E-state index is -0.859. The van der Waals surface area contributed by atoms with Gasteiger partial charge in [-0.1, -0.05) is 84.9 Å². The smallest absolute Gasteiger partial charge is 0.251 e. The van der Waals surface area contributed by atoms with Gasteiger partial charge in [-0.15, -0.1) is 0 Å². The van der Waals surface area contributed by atoms with Gasteiger partial charge in [0.15, 0.2) is 0 Å². The van der Waals surface area contributed by atoms with Crippen LogP contribution in [0.3, 0.4) is 0 Å². The number of nitrogens with one attached hydrogen (secondary N) is 3. The van der Waals surface area contributed by atoms with Crippen LogP contribution in [0.5, 0.6) is 5.75 Å². The van der Waals surface area contributed by atoms with Crippen molar-refractivity contribution in [1.82, 2.24) is 16.0 Å². The summed E-state index contributed by atoms with van der Waals surface area (Å²) in [5.41, 5.74) is 9.97. The number of hydrogen-bond acceptors (Lipinski definition) is 5. The molecule has 0 bridgehead atoms. The van der Waals surface area contributed by atoms with Crippen LogP contribution in [0.25, 0.3) is 0 Å². The van der Waals surface area contributed by atoms with E-state index in [1.807, 2.05) is 91.9 Å². The molecule has 0 aliphatic carbocycles. The first-order valence-electron chi connectivity index (χ1n) is 14.9. The van der Waals surface area contributed by atoms with E-state index in [9.17, 15) is 14.4 Å². The number of rotatable bonds is 15. The van der Waals surface area contributed by atoms with E-state index in [4.69, 9.17) is 10.5 Å². The van der Waals surface area contributed by atoms with Crippen LogP contribution in [0.1, 0.15) is 39.5 Å². The summed E-state index contributed by atoms with van der Waals surface area (Å²) in [4.78, 5) is 40.1. The SMILES string of the molecule is CCOc1ccc(C[C@@H](NC(=O)c2ccccc2)C(=O)NC[C@H](Cc2ccccc2)C(=O)NCc2ccc(CN)cc2)cc1. The van der Waals surface area contributed by atoms with Crippen LogP contribution in [-0.4, -0.2) is 36.9 Å². The molecule has 3 amide bonds. The third kappa shape index (κ3) is 9.81. The normalized spacial score (nSPS) is 12.0. The third-order valence-electron chi connectivity index (χ3n) is 7.28. The zero-order valence-corrected chi connectivity index (χ0v) is 25.0. The summed E-state index contributed by atoms with van der Waals surface area (Å²) < 4.78 is 5.54. The van der Waals surface area contributed by atoms with Gasteiger partial charge in [0.25, 0.3) is 5.91 Å². The average molecular weight is 593 g/mol. The zero-order valence-electron chi connectivity index (χ0n) is 25.0. The Kier molecular flexibility index (Phi) is 12.1. The van der Waals surface area contributed by atoms with Crippen LogP contribution in [0.15, 0.2) is 109 Å². The molecule has 0 aliphatic heterocycles. The second-order valence-corrected chi connectivity index (χ2v) is 10.5. The van der Waals surface area contributed by atoms with E-state index in [2.05, 4.69) is 16.0 Å². The Hall–Kier alpha value is -4.95. The molecule has 228 valence electrons. The average Bonchev–Trinajstić information content (AvgIpc) is 3.07. The Morgan fingerprint density at radius 1 is 0.682 bits per heavy atom. The van der Waals surface area contributed by atoms with Crippen LogP contribution >= 0.6 is 0 Å². The third-order valence-corrected chi connectivity index (χ3v) is 7.28. The molecule has 4 rings (SSSR count). The second-order valence-electron chi connectivity index (χ2n) is 10.5. The van der Waals surface area contributed by atoms with Crippen molar-refractivity contribution >= 4 is 17.7 Å². The first-order valence-corrected chi connectivity index (χ1v) is 14.9. The van der Waals surface area contributed by atoms with Crippen molar-refractivity contribution in [2.75, 3.05) is 13.2 Å². The lowest BCUT2D eigenvalue weighted by Crippen LogP contribution is -2.50. The van der Waals surface area contributed by atoms with E-state index in [1.165, 1.54) is 0 Å². The van der Waals surface area contributed by atoms with Crippen molar-refractivity contribution in [1.29, 1.82) is 0 Å². The van der Waals surface area contributed by atoms with Crippen molar-refractivity contribution in [3.8, 4) is 5.75 Å². The van der Waals surface area contributed by atoms with E-state index < -0.39 is 12.0 Å². The highest BCUT2D eigenvalue weighted by molar-refractivity contribution is 5.97. The molecule has 5 N–H and O–H groups in total. The van der Waals surface area contributed by atoms with Crippen molar-refractivity contribution < 1.29 is 19.1 Å². The van der Waals surface area contributed by atoms with Gasteiger partial charge in [-0.05, 0) is 59.9 Å². The maximum atomic E-state index is 13.6. The molecule has 0 saturated carbocycles. The summed E-state index contributed by atoms with van der Waals surface area (Å²) in [5, 5.41) is 8.86. The fourth-order valence-corrected chi connectivity index (χ4v) is 4.79. The number of carbonyl (C=O) groups is 3. The predicted molar refractivity (Wildman–Crippen MR) is 172 cm³/mol. The van der Waals surface area contributed by atoms with Gasteiger partial charge in [-0.2, -0.15) is 0 Å². The van der Waals surface area contributed by atoms with Crippen LogP contribution in [0, 0.1) is 5.92 Å². The van der Waals surface area contributed by atoms with E-state index in [0.717, 1.165) is 28.0 Å². The van der Waals surface area contributed by atoms with Crippen molar-refractivity contribution in [2.45, 2.75) is 38.9 Å². The standard InChI is InChI=1S/C36H40N4O4/c1-2-44-32-19-17-27(18-20-32)22-33(40-35(42)30-11-7-4-8-12-30)36(43)39-25-31(21-26-9-5-3-6-10-26)34(41)38-24-29-15-13-28(23-37)14-16-29/h3-20,31,33H,2,21-25,37H2,1H3,(H,38,41)(H,39,43)(H,40,42)/t31-,33+/m0/s1. The Bertz CT molecular complexity index is 1480. The molecule has 8 heteroatoms. The molecular weight excluding hydrogens is 552 g/mol. The van der Waals surface area contributed by atoms with Gasteiger partial charge in [0.1, 0.15) is 11.8 Å². The lowest BCUT2D eigenvalue weighted by Gasteiger charge is -2.22. The molecule has 44 heavy (non-hydrogen) atoms. The molecule has 4 aromatic rings. The van der Waals surface area contributed by atoms with Gasteiger partial charge < -0.3 is 26.4 Å². The molecule has 0 aromatic heterocycles. The molecule has 0 fully saturated rings. The Morgan fingerprint density at radius 3 is 1.91 bits per heavy atom. The molecule has 0 saturated heterocycles. The van der Waals surface area contributed by atoms with Crippen LogP contribution in [0.2, 0.25) is 0 Å². The van der Waals surface area contributed by atoms with Gasteiger partial charge in [0.2, 0.25) is 11.8 Å². The predicted octanol–water partition coefficient (Wildman–Crippen LogP) is 4.18. The lowest BCUT2D eigenvalue weighted by molar-refractivity contribution is -0.126. The van der Waals surface area contributed by atoms with Crippen molar-refractivity contribution in [3.63, 3.8) is 0 Å². The maximum absolute atomic E-state index is 13.6. The number of benzene rings is 4. The first-order chi connectivity index (χ1) is 21.4. The Morgan fingerprint density at radius 2 is 1.27 bits per heavy atom. The Balaban J connectivity index is 1.46. The highest BCUT2D eigenvalue weighted by Gasteiger charge is 2.25. The molecule has 0 radical (unpaired) electrons. The first kappa shape index (κ1) is 32.0. The van der Waals surface area contributed by atoms with Gasteiger partial charge in [0.05, 0.1) is 12.5 Å². The van der Waals surface area contributed by atoms with Crippen LogP contribution in [0.4, 0.5) is 0 Å². The topological polar surface area (TPSA) is 123 Å². The number of carbonyl (C=O) groups excluding carboxylic acids is 3. The molecule has 8 nitrogen and oxygen atoms in total. The van der Waals surface area contributed by atoms with E-state index in [1.54, 1.807) is 24.3 Å². The fourth-order valence-electron chi connectivity index (χ4n) is 4.79. The molecule has 0 unspecified atom stereocenters. The summed E-state index contributed by atoms with van der Waals surface area (Å²) in [6.45, 7) is 3.38. The van der Waals surface area contributed by atoms with Crippen LogP contribution in [-0.2, 0) is 35.5 Å². The summed E-state index contributed by atoms with van der Waals surface area (Å²) in [6, 6.07) is 32.8. The molecule has 0 heterocycles. The van der Waals surface area contributed by atoms with Gasteiger partial charge in [0, 0.05) is 31.6 Å². The summed E-state index contributed by atoms with van der Waals surface area (Å²) in [6.07, 6.45) is 0.712. The number of nitrogens with two attached hydrogens (primary N) is 1. The summed E-state index contributed by atoms with van der Waals surface area (Å²) >= 11 is 0. The van der Waals surface area contributed by atoms with E-state index >= 15 is 0 Å². The van der Waals surface area contributed by atoms with E-state index in [0.29, 0.717) is 31.7 Å². The second kappa shape index (κ2) is 16.6. The number of ether oxygens (including phenoxy) is 1. The van der Waals surface area contributed by atoms with Gasteiger partial charge in [-0.25, -0.2) is 0 Å². The monoisotopic (exact) mass is 592 g/mol. The van der Waals surface area contributed by atoms with Crippen molar-refractivity contribution in [3.05, 3.63) is 137 Å². The highest BCUT2D eigenvalue weighted by Crippen LogP contribution is 2.15. The molecular formula is C36H40N4O4. The fraction of sp³-hybridized carbons (Fsp3) is 0.250. The van der Waals surface area contributed by atoms with Crippen LogP contribution < -0.4 is 26.4 Å². The minimum absolute atomic E-state index is 0.104. The minimum Gasteiger partial charge on any atom is -0.494 e. The quantitative estimate of drug-likeness (QED) is 0.165. The number of hydrogen-bond donors (Lipinski definition) is 4. The van der Waals surface area contributed by atoms with Gasteiger partial charge >= 0.3 is 0 Å². The summed E-state index contributed by atoms with van der Waals surface area (Å²) in [5.74, 6) is -0.688. The van der Waals surface area contributed by atoms with Gasteiger partial charge in [-0.3, -0.25) is 14.4 Å². The highest BCUT2D eigenvalue weighted by atomic mass is 16.5. The maximum Gasteiger partial charge on any atom is 0.251 e. The molecule has 4 aromatic carbocycles. The molecule has 2 atom stereocenters.